The van der Waals surface area contributed by atoms with E-state index in [1.165, 1.54) is 6.42 Å². The van der Waals surface area contributed by atoms with Crippen LogP contribution in [0.15, 0.2) is 0 Å². The monoisotopic (exact) mass is 284 g/mol. The van der Waals surface area contributed by atoms with Crippen LogP contribution in [0.3, 0.4) is 0 Å². The summed E-state index contributed by atoms with van der Waals surface area (Å²) in [6.07, 6.45) is 3.42. The summed E-state index contributed by atoms with van der Waals surface area (Å²) in [5, 5.41) is 3.39. The number of halogens is 3. The van der Waals surface area contributed by atoms with Gasteiger partial charge in [0.2, 0.25) is 0 Å². The molecular formula is C12H23F3N2S. The van der Waals surface area contributed by atoms with E-state index < -0.39 is 5.51 Å². The molecule has 1 N–H and O–H groups in total. The van der Waals surface area contributed by atoms with Gasteiger partial charge in [0, 0.05) is 18.8 Å². The number of nitrogens with zero attached hydrogens (tertiary/aromatic N) is 1. The third-order valence-electron chi connectivity index (χ3n) is 3.14. The highest BCUT2D eigenvalue weighted by atomic mass is 32.2. The average molecular weight is 284 g/mol. The molecule has 1 heterocycles. The number of rotatable bonds is 7. The van der Waals surface area contributed by atoms with Crippen molar-refractivity contribution in [2.75, 3.05) is 38.5 Å². The zero-order chi connectivity index (χ0) is 13.4. The minimum Gasteiger partial charge on any atom is -0.316 e. The van der Waals surface area contributed by atoms with Gasteiger partial charge < -0.3 is 10.2 Å². The Balaban J connectivity index is 2.14. The lowest BCUT2D eigenvalue weighted by molar-refractivity contribution is -0.0329. The Morgan fingerprint density at radius 2 is 2.17 bits per heavy atom. The molecule has 1 unspecified atom stereocenters. The van der Waals surface area contributed by atoms with E-state index in [1.54, 1.807) is 0 Å². The number of piperidine rings is 1. The smallest absolute Gasteiger partial charge is 0.316 e. The van der Waals surface area contributed by atoms with Crippen molar-refractivity contribution in [3.63, 3.8) is 0 Å². The molecule has 2 nitrogen and oxygen atoms in total. The topological polar surface area (TPSA) is 15.3 Å². The van der Waals surface area contributed by atoms with Crippen LogP contribution >= 0.6 is 11.8 Å². The quantitative estimate of drug-likeness (QED) is 0.724. The van der Waals surface area contributed by atoms with E-state index in [-0.39, 0.29) is 17.5 Å². The molecule has 108 valence electrons. The van der Waals surface area contributed by atoms with E-state index in [0.717, 1.165) is 39.0 Å². The Hall–Kier alpha value is 0.0600. The van der Waals surface area contributed by atoms with Crippen LogP contribution < -0.4 is 5.32 Å². The minimum atomic E-state index is -4.09. The standard InChI is InChI=1S/C12H23F3N2S/c1-2-5-16-9-11-4-3-6-17(10-11)7-8-18-12(13,14)15/h11,16H,2-10H2,1H3. The number of hydrogen-bond donors (Lipinski definition) is 1. The van der Waals surface area contributed by atoms with Crippen molar-refractivity contribution in [1.82, 2.24) is 10.2 Å². The molecular weight excluding hydrogens is 261 g/mol. The number of alkyl halides is 3. The molecule has 18 heavy (non-hydrogen) atoms. The number of hydrogen-bond acceptors (Lipinski definition) is 3. The van der Waals surface area contributed by atoms with Gasteiger partial charge in [0.15, 0.2) is 0 Å². The zero-order valence-electron chi connectivity index (χ0n) is 10.9. The molecule has 0 aliphatic carbocycles. The van der Waals surface area contributed by atoms with Crippen molar-refractivity contribution in [1.29, 1.82) is 0 Å². The van der Waals surface area contributed by atoms with Gasteiger partial charge in [-0.15, -0.1) is 0 Å². The van der Waals surface area contributed by atoms with Crippen LogP contribution in [0.2, 0.25) is 0 Å². The summed E-state index contributed by atoms with van der Waals surface area (Å²) in [5.41, 5.74) is -4.09. The lowest BCUT2D eigenvalue weighted by Gasteiger charge is -2.32. The summed E-state index contributed by atoms with van der Waals surface area (Å²) < 4.78 is 36.1. The molecule has 0 radical (unpaired) electrons. The van der Waals surface area contributed by atoms with E-state index in [1.807, 2.05) is 0 Å². The number of nitrogens with one attached hydrogen (secondary N) is 1. The Morgan fingerprint density at radius 3 is 2.83 bits per heavy atom. The number of likely N-dealkylation sites (tertiary alicyclic amines) is 1. The molecule has 0 amide bonds. The largest absolute Gasteiger partial charge is 0.441 e. The molecule has 1 aliphatic heterocycles. The first-order valence-corrected chi connectivity index (χ1v) is 7.63. The molecule has 0 aromatic rings. The highest BCUT2D eigenvalue weighted by Gasteiger charge is 2.28. The molecule has 1 atom stereocenters. The van der Waals surface area contributed by atoms with Gasteiger partial charge in [0.05, 0.1) is 0 Å². The van der Waals surface area contributed by atoms with Gasteiger partial charge in [0.1, 0.15) is 0 Å². The predicted octanol–water partition coefficient (Wildman–Crippen LogP) is 2.95. The van der Waals surface area contributed by atoms with Crippen LogP contribution in [0.4, 0.5) is 13.2 Å². The van der Waals surface area contributed by atoms with Crippen LogP contribution in [-0.4, -0.2) is 48.9 Å². The second-order valence-corrected chi connectivity index (χ2v) is 5.97. The molecule has 1 rings (SSSR count). The van der Waals surface area contributed by atoms with Crippen molar-refractivity contribution in [2.45, 2.75) is 31.7 Å². The molecule has 0 saturated carbocycles. The summed E-state index contributed by atoms with van der Waals surface area (Å²) in [4.78, 5) is 2.17. The predicted molar refractivity (Wildman–Crippen MR) is 70.8 cm³/mol. The van der Waals surface area contributed by atoms with E-state index in [9.17, 15) is 13.2 Å². The first-order valence-electron chi connectivity index (χ1n) is 6.65. The Kier molecular flexibility index (Phi) is 7.41. The molecule has 0 spiro atoms. The number of thioether (sulfide) groups is 1. The maximum atomic E-state index is 12.0. The fourth-order valence-corrected chi connectivity index (χ4v) is 2.88. The maximum absolute atomic E-state index is 12.0. The molecule has 6 heteroatoms. The second kappa shape index (κ2) is 8.27. The van der Waals surface area contributed by atoms with E-state index >= 15 is 0 Å². The molecule has 0 bridgehead atoms. The third-order valence-corrected chi connectivity index (χ3v) is 3.85. The summed E-state index contributed by atoms with van der Waals surface area (Å²) in [6.45, 7) is 6.60. The Labute approximate surface area is 112 Å². The van der Waals surface area contributed by atoms with Gasteiger partial charge in [-0.25, -0.2) is 0 Å². The summed E-state index contributed by atoms with van der Waals surface area (Å²) in [6, 6.07) is 0. The van der Waals surface area contributed by atoms with E-state index in [0.29, 0.717) is 12.5 Å². The average Bonchev–Trinajstić information content (AvgIpc) is 2.28. The third kappa shape index (κ3) is 7.48. The molecule has 1 aliphatic rings. The molecule has 0 aromatic carbocycles. The fourth-order valence-electron chi connectivity index (χ4n) is 2.29. The van der Waals surface area contributed by atoms with Crippen molar-refractivity contribution in [3.05, 3.63) is 0 Å². The van der Waals surface area contributed by atoms with E-state index in [4.69, 9.17) is 0 Å². The van der Waals surface area contributed by atoms with Gasteiger partial charge in [0.25, 0.3) is 0 Å². The lowest BCUT2D eigenvalue weighted by Crippen LogP contribution is -2.40. The minimum absolute atomic E-state index is 0.0926. The van der Waals surface area contributed by atoms with Gasteiger partial charge in [-0.1, -0.05) is 6.92 Å². The van der Waals surface area contributed by atoms with Crippen LogP contribution in [0, 0.1) is 5.92 Å². The van der Waals surface area contributed by atoms with Crippen LogP contribution in [0.1, 0.15) is 26.2 Å². The van der Waals surface area contributed by atoms with Gasteiger partial charge in [-0.05, 0) is 56.6 Å². The van der Waals surface area contributed by atoms with Crippen molar-refractivity contribution >= 4 is 11.8 Å². The Morgan fingerprint density at radius 1 is 1.39 bits per heavy atom. The normalized spacial score (nSPS) is 22.3. The van der Waals surface area contributed by atoms with Crippen LogP contribution in [0.5, 0.6) is 0 Å². The maximum Gasteiger partial charge on any atom is 0.441 e. The SMILES string of the molecule is CCCNCC1CCCN(CCSC(F)(F)F)C1. The first-order chi connectivity index (χ1) is 8.51. The fraction of sp³-hybridized carbons (Fsp3) is 1.00. The Bertz CT molecular complexity index is 224. The van der Waals surface area contributed by atoms with Gasteiger partial charge in [-0.3, -0.25) is 0 Å². The zero-order valence-corrected chi connectivity index (χ0v) is 11.7. The molecule has 0 aromatic heterocycles. The van der Waals surface area contributed by atoms with Crippen LogP contribution in [0.25, 0.3) is 0 Å². The van der Waals surface area contributed by atoms with Crippen molar-refractivity contribution < 1.29 is 13.2 Å². The molecule has 1 fully saturated rings. The van der Waals surface area contributed by atoms with Crippen LogP contribution in [-0.2, 0) is 0 Å². The summed E-state index contributed by atoms with van der Waals surface area (Å²) >= 11 is 0.0926. The van der Waals surface area contributed by atoms with Gasteiger partial charge in [-0.2, -0.15) is 13.2 Å². The highest BCUT2D eigenvalue weighted by Crippen LogP contribution is 2.30. The van der Waals surface area contributed by atoms with E-state index in [2.05, 4.69) is 17.1 Å². The first kappa shape index (κ1) is 16.1. The summed E-state index contributed by atoms with van der Waals surface area (Å²) in [7, 11) is 0. The second-order valence-electron chi connectivity index (χ2n) is 4.81. The van der Waals surface area contributed by atoms with Gasteiger partial charge >= 0.3 is 5.51 Å². The van der Waals surface area contributed by atoms with Crippen molar-refractivity contribution in [3.8, 4) is 0 Å². The summed E-state index contributed by atoms with van der Waals surface area (Å²) in [5.74, 6) is 0.750. The van der Waals surface area contributed by atoms with Crippen molar-refractivity contribution in [2.24, 2.45) is 5.92 Å². The lowest BCUT2D eigenvalue weighted by atomic mass is 9.98. The molecule has 1 saturated heterocycles. The highest BCUT2D eigenvalue weighted by molar-refractivity contribution is 8.00.